The Hall–Kier alpha value is -0.870. The molecule has 2 rings (SSSR count). The van der Waals surface area contributed by atoms with Crippen molar-refractivity contribution in [2.24, 2.45) is 18.2 Å². The van der Waals surface area contributed by atoms with Gasteiger partial charge in [-0.3, -0.25) is 0 Å². The van der Waals surface area contributed by atoms with Crippen LogP contribution in [0.1, 0.15) is 37.5 Å². The Morgan fingerprint density at radius 1 is 1.60 bits per heavy atom. The number of aliphatic hydroxyl groups is 1. The van der Waals surface area contributed by atoms with Gasteiger partial charge < -0.3 is 15.4 Å². The Balaban J connectivity index is 2.26. The second-order valence-corrected chi connectivity index (χ2v) is 4.61. The minimum absolute atomic E-state index is 0.117. The molecule has 0 aliphatic heterocycles. The molecule has 1 aromatic rings. The summed E-state index contributed by atoms with van der Waals surface area (Å²) < 4.78 is 1.88. The van der Waals surface area contributed by atoms with E-state index in [1.165, 1.54) is 12.8 Å². The van der Waals surface area contributed by atoms with E-state index in [0.717, 1.165) is 18.5 Å². The second kappa shape index (κ2) is 3.94. The molecule has 15 heavy (non-hydrogen) atoms. The first kappa shape index (κ1) is 10.6. The zero-order chi connectivity index (χ0) is 10.9. The van der Waals surface area contributed by atoms with Crippen LogP contribution in [0.3, 0.4) is 0 Å². The molecule has 0 radical (unpaired) electrons. The molecule has 1 atom stereocenters. The van der Waals surface area contributed by atoms with Crippen LogP contribution in [0.2, 0.25) is 0 Å². The lowest BCUT2D eigenvalue weighted by Gasteiger charge is -2.32. The van der Waals surface area contributed by atoms with E-state index >= 15 is 0 Å². The molecule has 1 heterocycles. The third-order valence-electron chi connectivity index (χ3n) is 3.72. The molecule has 1 unspecified atom stereocenters. The van der Waals surface area contributed by atoms with E-state index in [9.17, 15) is 5.11 Å². The predicted molar refractivity (Wildman–Crippen MR) is 58.1 cm³/mol. The van der Waals surface area contributed by atoms with Crippen LogP contribution in [0.5, 0.6) is 0 Å². The number of hydrogen-bond donors (Lipinski definition) is 2. The largest absolute Gasteiger partial charge is 0.386 e. The van der Waals surface area contributed by atoms with Crippen molar-refractivity contribution in [1.29, 1.82) is 0 Å². The highest BCUT2D eigenvalue weighted by Gasteiger charge is 2.41. The molecule has 3 N–H and O–H groups in total. The van der Waals surface area contributed by atoms with E-state index in [0.29, 0.717) is 6.54 Å². The van der Waals surface area contributed by atoms with Crippen LogP contribution in [0.4, 0.5) is 0 Å². The quantitative estimate of drug-likeness (QED) is 0.779. The minimum atomic E-state index is -0.475. The topological polar surface area (TPSA) is 64.1 Å². The summed E-state index contributed by atoms with van der Waals surface area (Å²) in [7, 11) is 1.91. The molecule has 84 valence electrons. The Labute approximate surface area is 90.1 Å². The van der Waals surface area contributed by atoms with E-state index < -0.39 is 6.10 Å². The molecule has 4 heteroatoms. The summed E-state index contributed by atoms with van der Waals surface area (Å²) in [6, 6.07) is 0. The summed E-state index contributed by atoms with van der Waals surface area (Å²) in [6.45, 7) is 0.555. The molecular formula is C11H19N3O. The van der Waals surface area contributed by atoms with E-state index in [1.807, 2.05) is 11.6 Å². The molecule has 1 saturated carbocycles. The number of nitrogens with two attached hydrogens (primary N) is 1. The summed E-state index contributed by atoms with van der Waals surface area (Å²) in [6.07, 6.45) is 7.37. The predicted octanol–water partition coefficient (Wildman–Crippen LogP) is 0.973. The van der Waals surface area contributed by atoms with Crippen LogP contribution in [-0.2, 0) is 7.05 Å². The summed E-state index contributed by atoms with van der Waals surface area (Å²) in [4.78, 5) is 4.04. The zero-order valence-corrected chi connectivity index (χ0v) is 9.19. The van der Waals surface area contributed by atoms with Gasteiger partial charge in [0.1, 0.15) is 6.10 Å². The highest BCUT2D eigenvalue weighted by molar-refractivity contribution is 5.09. The molecule has 1 fully saturated rings. The van der Waals surface area contributed by atoms with Gasteiger partial charge in [-0.25, -0.2) is 4.98 Å². The Morgan fingerprint density at radius 2 is 2.27 bits per heavy atom. The van der Waals surface area contributed by atoms with Gasteiger partial charge in [-0.05, 0) is 12.8 Å². The van der Waals surface area contributed by atoms with Gasteiger partial charge in [-0.15, -0.1) is 0 Å². The van der Waals surface area contributed by atoms with E-state index in [4.69, 9.17) is 5.73 Å². The Bertz CT molecular complexity index is 328. The number of nitrogens with zero attached hydrogens (tertiary/aromatic N) is 2. The van der Waals surface area contributed by atoms with Crippen molar-refractivity contribution in [1.82, 2.24) is 9.55 Å². The van der Waals surface area contributed by atoms with Crippen LogP contribution in [0, 0.1) is 5.41 Å². The molecule has 0 amide bonds. The minimum Gasteiger partial charge on any atom is -0.386 e. The number of aromatic nitrogens is 2. The first-order valence-corrected chi connectivity index (χ1v) is 5.54. The number of imidazole rings is 1. The standard InChI is InChI=1S/C11H19N3O/c1-14-8-13-6-9(14)10(15)11(7-12)4-2-3-5-11/h6,8,10,15H,2-5,7,12H2,1H3. The van der Waals surface area contributed by atoms with Crippen LogP contribution < -0.4 is 5.73 Å². The van der Waals surface area contributed by atoms with Crippen LogP contribution in [-0.4, -0.2) is 21.2 Å². The van der Waals surface area contributed by atoms with Gasteiger partial charge in [0.2, 0.25) is 0 Å². The lowest BCUT2D eigenvalue weighted by Crippen LogP contribution is -2.35. The van der Waals surface area contributed by atoms with Crippen molar-refractivity contribution >= 4 is 0 Å². The fraction of sp³-hybridized carbons (Fsp3) is 0.727. The van der Waals surface area contributed by atoms with Gasteiger partial charge in [0, 0.05) is 19.0 Å². The Kier molecular flexibility index (Phi) is 2.80. The number of rotatable bonds is 3. The first-order chi connectivity index (χ1) is 7.19. The summed E-state index contributed by atoms with van der Waals surface area (Å²) in [5.41, 5.74) is 6.60. The third kappa shape index (κ3) is 1.68. The summed E-state index contributed by atoms with van der Waals surface area (Å²) >= 11 is 0. The molecular weight excluding hydrogens is 190 g/mol. The van der Waals surface area contributed by atoms with Crippen LogP contribution in [0.25, 0.3) is 0 Å². The van der Waals surface area contributed by atoms with Gasteiger partial charge in [0.05, 0.1) is 18.2 Å². The van der Waals surface area contributed by atoms with Gasteiger partial charge >= 0.3 is 0 Å². The molecule has 0 bridgehead atoms. The van der Waals surface area contributed by atoms with Crippen molar-refractivity contribution in [3.63, 3.8) is 0 Å². The zero-order valence-electron chi connectivity index (χ0n) is 9.19. The molecule has 0 saturated heterocycles. The highest BCUT2D eigenvalue weighted by atomic mass is 16.3. The normalized spacial score (nSPS) is 21.8. The number of aliphatic hydroxyl groups excluding tert-OH is 1. The lowest BCUT2D eigenvalue weighted by molar-refractivity contribution is 0.0278. The summed E-state index contributed by atoms with van der Waals surface area (Å²) in [5, 5.41) is 10.4. The van der Waals surface area contributed by atoms with Crippen LogP contribution >= 0.6 is 0 Å². The second-order valence-electron chi connectivity index (χ2n) is 4.61. The smallest absolute Gasteiger partial charge is 0.102 e. The molecule has 4 nitrogen and oxygen atoms in total. The molecule has 0 spiro atoms. The van der Waals surface area contributed by atoms with Gasteiger partial charge in [0.25, 0.3) is 0 Å². The average Bonchev–Trinajstić information content (AvgIpc) is 2.86. The van der Waals surface area contributed by atoms with Crippen molar-refractivity contribution in [3.8, 4) is 0 Å². The van der Waals surface area contributed by atoms with Crippen molar-refractivity contribution < 1.29 is 5.11 Å². The molecule has 1 aromatic heterocycles. The van der Waals surface area contributed by atoms with Gasteiger partial charge in [-0.1, -0.05) is 12.8 Å². The molecule has 1 aliphatic rings. The highest BCUT2D eigenvalue weighted by Crippen LogP contribution is 2.46. The first-order valence-electron chi connectivity index (χ1n) is 5.54. The lowest BCUT2D eigenvalue weighted by atomic mass is 9.79. The number of hydrogen-bond acceptors (Lipinski definition) is 3. The van der Waals surface area contributed by atoms with Crippen molar-refractivity contribution in [3.05, 3.63) is 18.2 Å². The molecule has 0 aromatic carbocycles. The van der Waals surface area contributed by atoms with Crippen molar-refractivity contribution in [2.75, 3.05) is 6.54 Å². The van der Waals surface area contributed by atoms with Gasteiger partial charge in [0.15, 0.2) is 0 Å². The maximum absolute atomic E-state index is 10.4. The monoisotopic (exact) mass is 209 g/mol. The van der Waals surface area contributed by atoms with E-state index in [-0.39, 0.29) is 5.41 Å². The van der Waals surface area contributed by atoms with Gasteiger partial charge in [-0.2, -0.15) is 0 Å². The molecule has 1 aliphatic carbocycles. The van der Waals surface area contributed by atoms with E-state index in [2.05, 4.69) is 4.98 Å². The Morgan fingerprint density at radius 3 is 2.73 bits per heavy atom. The average molecular weight is 209 g/mol. The van der Waals surface area contributed by atoms with Crippen LogP contribution in [0.15, 0.2) is 12.5 Å². The fourth-order valence-electron chi connectivity index (χ4n) is 2.61. The maximum Gasteiger partial charge on any atom is 0.102 e. The van der Waals surface area contributed by atoms with Crippen molar-refractivity contribution in [2.45, 2.75) is 31.8 Å². The third-order valence-corrected chi connectivity index (χ3v) is 3.72. The fourth-order valence-corrected chi connectivity index (χ4v) is 2.61. The SMILES string of the molecule is Cn1cncc1C(O)C1(CN)CCCC1. The number of aryl methyl sites for hydroxylation is 1. The maximum atomic E-state index is 10.4. The summed E-state index contributed by atoms with van der Waals surface area (Å²) in [5.74, 6) is 0. The van der Waals surface area contributed by atoms with E-state index in [1.54, 1.807) is 12.5 Å².